The molecule has 4 rings (SSSR count). The lowest BCUT2D eigenvalue weighted by molar-refractivity contribution is -0.119. The first-order chi connectivity index (χ1) is 14.4. The molecule has 5 nitrogen and oxygen atoms in total. The van der Waals surface area contributed by atoms with E-state index in [9.17, 15) is 9.59 Å². The summed E-state index contributed by atoms with van der Waals surface area (Å²) in [5, 5.41) is 5.53. The van der Waals surface area contributed by atoms with Crippen LogP contribution in [0.3, 0.4) is 0 Å². The van der Waals surface area contributed by atoms with Gasteiger partial charge < -0.3 is 15.0 Å². The van der Waals surface area contributed by atoms with Gasteiger partial charge in [-0.25, -0.2) is 0 Å². The number of ether oxygens (including phenoxy) is 1. The van der Waals surface area contributed by atoms with E-state index in [1.54, 1.807) is 30.1 Å². The average molecular weight is 441 g/mol. The molecule has 2 atom stereocenters. The molecule has 0 unspecified atom stereocenters. The van der Waals surface area contributed by atoms with Crippen LogP contribution in [0.5, 0.6) is 5.75 Å². The van der Waals surface area contributed by atoms with Gasteiger partial charge in [0.05, 0.1) is 24.8 Å². The van der Waals surface area contributed by atoms with Crippen molar-refractivity contribution in [2.24, 2.45) is 0 Å². The van der Waals surface area contributed by atoms with Crippen molar-refractivity contribution >= 4 is 40.4 Å². The minimum absolute atomic E-state index is 0.0898. The van der Waals surface area contributed by atoms with Gasteiger partial charge in [-0.3, -0.25) is 9.59 Å². The summed E-state index contributed by atoms with van der Waals surface area (Å²) in [7, 11) is 3.28. The number of likely N-dealkylation sites (N-methyl/N-ethyl adjacent to an activating group) is 1. The molecule has 2 amide bonds. The summed E-state index contributed by atoms with van der Waals surface area (Å²) in [6.07, 6.45) is 0. The largest absolute Gasteiger partial charge is 0.495 e. The molecule has 0 fully saturated rings. The number of halogens is 1. The van der Waals surface area contributed by atoms with Crippen molar-refractivity contribution < 1.29 is 14.3 Å². The second-order valence-corrected chi connectivity index (χ2v) is 8.62. The van der Waals surface area contributed by atoms with Crippen molar-refractivity contribution in [1.82, 2.24) is 4.90 Å². The van der Waals surface area contributed by atoms with Crippen LogP contribution in [0.2, 0.25) is 5.02 Å². The quantitative estimate of drug-likeness (QED) is 0.601. The van der Waals surface area contributed by atoms with E-state index in [1.807, 2.05) is 42.6 Å². The topological polar surface area (TPSA) is 58.6 Å². The van der Waals surface area contributed by atoms with E-state index < -0.39 is 12.0 Å². The molecule has 1 N–H and O–H groups in total. The highest BCUT2D eigenvalue weighted by Crippen LogP contribution is 2.44. The van der Waals surface area contributed by atoms with Crippen molar-refractivity contribution in [2.45, 2.75) is 18.9 Å². The average Bonchev–Trinajstić information content (AvgIpc) is 3.27. The van der Waals surface area contributed by atoms with E-state index >= 15 is 0 Å². The maximum absolute atomic E-state index is 13.6. The van der Waals surface area contributed by atoms with Crippen LogP contribution < -0.4 is 10.1 Å². The number of benzene rings is 2. The second kappa shape index (κ2) is 8.13. The minimum Gasteiger partial charge on any atom is -0.495 e. The normalized spacial score (nSPS) is 18.1. The van der Waals surface area contributed by atoms with Crippen molar-refractivity contribution in [3.05, 3.63) is 80.5 Å². The highest BCUT2D eigenvalue weighted by atomic mass is 35.5. The number of hydrogen-bond acceptors (Lipinski definition) is 4. The molecular formula is C23H21ClN2O3S. The number of rotatable bonds is 4. The second-order valence-electron chi connectivity index (χ2n) is 7.23. The maximum atomic E-state index is 13.6. The number of hydrogen-bond donors (Lipinski definition) is 1. The number of fused-ring (bicyclic) bond motifs is 1. The van der Waals surface area contributed by atoms with Gasteiger partial charge in [-0.15, -0.1) is 11.3 Å². The summed E-state index contributed by atoms with van der Waals surface area (Å²) in [5.41, 5.74) is 2.65. The molecule has 30 heavy (non-hydrogen) atoms. The third kappa shape index (κ3) is 3.46. The zero-order valence-electron chi connectivity index (χ0n) is 16.8. The van der Waals surface area contributed by atoms with Crippen molar-refractivity contribution in [3.8, 4) is 5.75 Å². The van der Waals surface area contributed by atoms with Crippen molar-refractivity contribution in [3.63, 3.8) is 0 Å². The number of carbonyl (C=O) groups excluding carboxylic acids is 2. The van der Waals surface area contributed by atoms with Gasteiger partial charge in [-0.05, 0) is 41.6 Å². The summed E-state index contributed by atoms with van der Waals surface area (Å²) in [6.45, 7) is 1.87. The van der Waals surface area contributed by atoms with Crippen LogP contribution in [0.25, 0.3) is 0 Å². The van der Waals surface area contributed by atoms with Crippen molar-refractivity contribution in [2.75, 3.05) is 19.5 Å². The number of anilines is 1. The highest BCUT2D eigenvalue weighted by molar-refractivity contribution is 7.10. The van der Waals surface area contributed by atoms with E-state index in [4.69, 9.17) is 16.3 Å². The van der Waals surface area contributed by atoms with Crippen molar-refractivity contribution in [1.29, 1.82) is 0 Å². The van der Waals surface area contributed by atoms with Crippen LogP contribution in [-0.2, 0) is 4.79 Å². The number of carbonyl (C=O) groups is 2. The number of methoxy groups -OCH3 is 1. The number of aryl methyl sites for hydroxylation is 1. The molecule has 1 aliphatic heterocycles. The Kier molecular flexibility index (Phi) is 5.54. The smallest absolute Gasteiger partial charge is 0.254 e. The van der Waals surface area contributed by atoms with E-state index in [0.717, 1.165) is 16.0 Å². The summed E-state index contributed by atoms with van der Waals surface area (Å²) >= 11 is 7.74. The highest BCUT2D eigenvalue weighted by Gasteiger charge is 2.43. The Bertz CT molecular complexity index is 1110. The molecule has 1 aliphatic rings. The number of amides is 2. The van der Waals surface area contributed by atoms with Crippen LogP contribution in [0.4, 0.5) is 5.69 Å². The lowest BCUT2D eigenvalue weighted by atomic mass is 9.81. The predicted octanol–water partition coefficient (Wildman–Crippen LogP) is 5.27. The summed E-state index contributed by atoms with van der Waals surface area (Å²) in [5.74, 6) is -0.378. The number of nitrogens with one attached hydrogen (secondary N) is 1. The van der Waals surface area contributed by atoms with Gasteiger partial charge in [0.15, 0.2) is 0 Å². The lowest BCUT2D eigenvalue weighted by Gasteiger charge is -2.39. The predicted molar refractivity (Wildman–Crippen MR) is 120 cm³/mol. The Morgan fingerprint density at radius 3 is 2.67 bits per heavy atom. The number of thiophene rings is 1. The molecule has 2 heterocycles. The standard InChI is InChI=1S/C23H21ClN2O3S/c1-13-11-17(18(29-3)12-16(13)24)25-22(27)20-14-7-4-5-8-15(14)23(28)26(2)21(20)19-9-6-10-30-19/h4-12,20-21H,1-3H3,(H,25,27)/t20-,21+/m0/s1. The fraction of sp³-hybridized carbons (Fsp3) is 0.217. The van der Waals surface area contributed by atoms with Crippen LogP contribution in [0.1, 0.15) is 38.3 Å². The first-order valence-corrected chi connectivity index (χ1v) is 10.7. The van der Waals surface area contributed by atoms with Gasteiger partial charge in [0.1, 0.15) is 5.75 Å². The molecular weight excluding hydrogens is 420 g/mol. The third-order valence-corrected chi connectivity index (χ3v) is 6.79. The Morgan fingerprint density at radius 2 is 1.97 bits per heavy atom. The van der Waals surface area contributed by atoms with Gasteiger partial charge in [0.2, 0.25) is 5.91 Å². The minimum atomic E-state index is -0.566. The van der Waals surface area contributed by atoms with Gasteiger partial charge >= 0.3 is 0 Å². The summed E-state index contributed by atoms with van der Waals surface area (Å²) in [6, 6.07) is 14.3. The lowest BCUT2D eigenvalue weighted by Crippen LogP contribution is -2.43. The van der Waals surface area contributed by atoms with Gasteiger partial charge in [-0.1, -0.05) is 35.9 Å². The summed E-state index contributed by atoms with van der Waals surface area (Å²) < 4.78 is 5.41. The Labute approximate surface area is 184 Å². The van der Waals surface area contributed by atoms with E-state index in [-0.39, 0.29) is 11.8 Å². The fourth-order valence-electron chi connectivity index (χ4n) is 3.91. The maximum Gasteiger partial charge on any atom is 0.254 e. The Balaban J connectivity index is 1.80. The van der Waals surface area contributed by atoms with Crippen LogP contribution in [0, 0.1) is 6.92 Å². The van der Waals surface area contributed by atoms with Gasteiger partial charge in [0, 0.05) is 28.6 Å². The van der Waals surface area contributed by atoms with E-state index in [1.165, 1.54) is 18.4 Å². The van der Waals surface area contributed by atoms with Crippen LogP contribution in [-0.4, -0.2) is 30.9 Å². The van der Waals surface area contributed by atoms with E-state index in [0.29, 0.717) is 22.0 Å². The van der Waals surface area contributed by atoms with Gasteiger partial charge in [-0.2, -0.15) is 0 Å². The fourth-order valence-corrected chi connectivity index (χ4v) is 4.97. The van der Waals surface area contributed by atoms with E-state index in [2.05, 4.69) is 5.32 Å². The molecule has 3 aromatic rings. The summed E-state index contributed by atoms with van der Waals surface area (Å²) in [4.78, 5) is 29.2. The molecule has 0 saturated heterocycles. The zero-order valence-corrected chi connectivity index (χ0v) is 18.4. The van der Waals surface area contributed by atoms with Crippen LogP contribution >= 0.6 is 22.9 Å². The van der Waals surface area contributed by atoms with Gasteiger partial charge in [0.25, 0.3) is 5.91 Å². The molecule has 0 saturated carbocycles. The molecule has 0 radical (unpaired) electrons. The molecule has 154 valence electrons. The molecule has 0 spiro atoms. The molecule has 0 bridgehead atoms. The molecule has 1 aromatic heterocycles. The van der Waals surface area contributed by atoms with Crippen LogP contribution in [0.15, 0.2) is 53.9 Å². The molecule has 0 aliphatic carbocycles. The molecule has 7 heteroatoms. The number of nitrogens with zero attached hydrogens (tertiary/aromatic N) is 1. The SMILES string of the molecule is COc1cc(Cl)c(C)cc1NC(=O)[C@H]1c2ccccc2C(=O)N(C)[C@@H]1c1cccs1. The zero-order chi connectivity index (χ0) is 21.4. The monoisotopic (exact) mass is 440 g/mol. The first kappa shape index (κ1) is 20.4. The first-order valence-electron chi connectivity index (χ1n) is 9.47. The third-order valence-electron chi connectivity index (χ3n) is 5.44. The molecule has 2 aromatic carbocycles. The Morgan fingerprint density at radius 1 is 1.20 bits per heavy atom. The Hall–Kier alpha value is -2.83.